The van der Waals surface area contributed by atoms with Crippen molar-refractivity contribution in [3.63, 3.8) is 0 Å². The Bertz CT molecular complexity index is 462. The van der Waals surface area contributed by atoms with Crippen molar-refractivity contribution in [2.75, 3.05) is 11.9 Å². The van der Waals surface area contributed by atoms with E-state index in [1.165, 1.54) is 0 Å². The lowest BCUT2D eigenvalue weighted by Crippen LogP contribution is -2.43. The molecule has 0 spiro atoms. The van der Waals surface area contributed by atoms with Crippen LogP contribution in [-0.4, -0.2) is 18.0 Å². The Morgan fingerprint density at radius 1 is 1.47 bits per heavy atom. The van der Waals surface area contributed by atoms with Gasteiger partial charge in [0.25, 0.3) is 0 Å². The van der Waals surface area contributed by atoms with Gasteiger partial charge in [0.05, 0.1) is 10.7 Å². The second-order valence-electron chi connectivity index (χ2n) is 5.55. The number of nitrogens with two attached hydrogens (primary N) is 2. The first-order chi connectivity index (χ1) is 8.77. The third-order valence-corrected chi connectivity index (χ3v) is 3.31. The highest BCUT2D eigenvalue weighted by Gasteiger charge is 2.24. The molecule has 5 N–H and O–H groups in total. The Morgan fingerprint density at radius 2 is 2.11 bits per heavy atom. The third kappa shape index (κ3) is 4.40. The lowest BCUT2D eigenvalue weighted by molar-refractivity contribution is 0.100. The molecule has 0 radical (unpaired) electrons. The smallest absolute Gasteiger partial charge is 0.248 e. The first-order valence-corrected chi connectivity index (χ1v) is 6.73. The molecule has 1 aromatic carbocycles. The molecule has 1 amide bonds. The molecule has 1 atom stereocenters. The first-order valence-electron chi connectivity index (χ1n) is 6.35. The fourth-order valence-electron chi connectivity index (χ4n) is 2.18. The predicted octanol–water partition coefficient (Wildman–Crippen LogP) is 2.61. The summed E-state index contributed by atoms with van der Waals surface area (Å²) in [5.74, 6) is 0.0296. The van der Waals surface area contributed by atoms with Gasteiger partial charge in [-0.2, -0.15) is 0 Å². The number of carbonyl (C=O) groups is 1. The van der Waals surface area contributed by atoms with Crippen LogP contribution in [0, 0.1) is 5.92 Å². The molecule has 5 heteroatoms. The Balaban J connectivity index is 2.95. The number of rotatable bonds is 6. The predicted molar refractivity (Wildman–Crippen MR) is 80.5 cm³/mol. The van der Waals surface area contributed by atoms with Crippen molar-refractivity contribution in [1.82, 2.24) is 0 Å². The zero-order valence-electron chi connectivity index (χ0n) is 11.7. The molecular weight excluding hydrogens is 262 g/mol. The van der Waals surface area contributed by atoms with Crippen LogP contribution in [0.1, 0.15) is 37.6 Å². The van der Waals surface area contributed by atoms with E-state index >= 15 is 0 Å². The van der Waals surface area contributed by atoms with E-state index in [0.717, 1.165) is 12.1 Å². The van der Waals surface area contributed by atoms with Gasteiger partial charge in [-0.3, -0.25) is 4.79 Å². The average Bonchev–Trinajstić information content (AvgIpc) is 2.30. The van der Waals surface area contributed by atoms with Gasteiger partial charge >= 0.3 is 0 Å². The zero-order chi connectivity index (χ0) is 14.6. The van der Waals surface area contributed by atoms with Gasteiger partial charge in [-0.1, -0.05) is 25.4 Å². The van der Waals surface area contributed by atoms with Gasteiger partial charge in [0, 0.05) is 17.6 Å². The molecule has 0 aromatic heterocycles. The van der Waals surface area contributed by atoms with Crippen LogP contribution in [0.2, 0.25) is 5.02 Å². The SMILES string of the molecule is CC(C)CC(C)(CN)Nc1ccc(C(N)=O)cc1Cl. The van der Waals surface area contributed by atoms with Gasteiger partial charge in [-0.15, -0.1) is 0 Å². The quantitative estimate of drug-likeness (QED) is 0.751. The molecule has 1 unspecified atom stereocenters. The number of carbonyl (C=O) groups excluding carboxylic acids is 1. The van der Waals surface area contributed by atoms with Crippen molar-refractivity contribution in [3.05, 3.63) is 28.8 Å². The molecule has 0 heterocycles. The topological polar surface area (TPSA) is 81.1 Å². The lowest BCUT2D eigenvalue weighted by atomic mass is 9.90. The maximum Gasteiger partial charge on any atom is 0.248 e. The molecule has 1 rings (SSSR count). The Hall–Kier alpha value is -1.26. The van der Waals surface area contributed by atoms with Crippen molar-refractivity contribution in [2.24, 2.45) is 17.4 Å². The van der Waals surface area contributed by atoms with E-state index in [-0.39, 0.29) is 5.54 Å². The number of hydrogen-bond donors (Lipinski definition) is 3. The van der Waals surface area contributed by atoms with Crippen LogP contribution >= 0.6 is 11.6 Å². The minimum atomic E-state index is -0.489. The van der Waals surface area contributed by atoms with E-state index in [1.807, 2.05) is 0 Å². The molecule has 106 valence electrons. The summed E-state index contributed by atoms with van der Waals surface area (Å²) >= 11 is 6.16. The number of hydrogen-bond acceptors (Lipinski definition) is 3. The monoisotopic (exact) mass is 283 g/mol. The second-order valence-corrected chi connectivity index (χ2v) is 5.95. The fraction of sp³-hybridized carbons (Fsp3) is 0.500. The number of amides is 1. The highest BCUT2D eigenvalue weighted by atomic mass is 35.5. The number of primary amides is 1. The highest BCUT2D eigenvalue weighted by Crippen LogP contribution is 2.28. The summed E-state index contributed by atoms with van der Waals surface area (Å²) in [6.45, 7) is 6.85. The Labute approximate surface area is 119 Å². The molecule has 0 fully saturated rings. The fourth-order valence-corrected chi connectivity index (χ4v) is 2.41. The van der Waals surface area contributed by atoms with E-state index in [9.17, 15) is 4.79 Å². The van der Waals surface area contributed by atoms with Crippen molar-refractivity contribution >= 4 is 23.2 Å². The summed E-state index contributed by atoms with van der Waals surface area (Å²) in [7, 11) is 0. The molecule has 1 aromatic rings. The van der Waals surface area contributed by atoms with Crippen LogP contribution in [0.15, 0.2) is 18.2 Å². The highest BCUT2D eigenvalue weighted by molar-refractivity contribution is 6.33. The molecule has 0 aliphatic carbocycles. The largest absolute Gasteiger partial charge is 0.377 e. The molecule has 0 aliphatic rings. The maximum atomic E-state index is 11.1. The van der Waals surface area contributed by atoms with Crippen LogP contribution < -0.4 is 16.8 Å². The molecule has 4 nitrogen and oxygen atoms in total. The molecule has 19 heavy (non-hydrogen) atoms. The van der Waals surface area contributed by atoms with E-state index in [0.29, 0.717) is 23.0 Å². The molecule has 0 aliphatic heterocycles. The van der Waals surface area contributed by atoms with E-state index in [2.05, 4.69) is 26.1 Å². The van der Waals surface area contributed by atoms with Crippen molar-refractivity contribution in [1.29, 1.82) is 0 Å². The number of nitrogens with one attached hydrogen (secondary N) is 1. The van der Waals surface area contributed by atoms with Crippen LogP contribution in [0.5, 0.6) is 0 Å². The number of anilines is 1. The van der Waals surface area contributed by atoms with Gasteiger partial charge < -0.3 is 16.8 Å². The van der Waals surface area contributed by atoms with Crippen LogP contribution in [0.4, 0.5) is 5.69 Å². The zero-order valence-corrected chi connectivity index (χ0v) is 12.4. The van der Waals surface area contributed by atoms with Crippen LogP contribution in [0.3, 0.4) is 0 Å². The summed E-state index contributed by atoms with van der Waals surface area (Å²) in [5, 5.41) is 3.83. The van der Waals surface area contributed by atoms with Crippen molar-refractivity contribution < 1.29 is 4.79 Å². The Morgan fingerprint density at radius 3 is 2.53 bits per heavy atom. The van der Waals surface area contributed by atoms with Gasteiger partial charge in [-0.05, 0) is 37.5 Å². The van der Waals surface area contributed by atoms with E-state index in [1.54, 1.807) is 18.2 Å². The molecular formula is C14H22ClN3O. The van der Waals surface area contributed by atoms with Gasteiger partial charge in [0.15, 0.2) is 0 Å². The van der Waals surface area contributed by atoms with Crippen molar-refractivity contribution in [2.45, 2.75) is 32.7 Å². The summed E-state index contributed by atoms with van der Waals surface area (Å²) in [6, 6.07) is 4.98. The van der Waals surface area contributed by atoms with Crippen LogP contribution in [-0.2, 0) is 0 Å². The summed E-state index contributed by atoms with van der Waals surface area (Å²) in [5.41, 5.74) is 12.0. The van der Waals surface area contributed by atoms with Gasteiger partial charge in [0.1, 0.15) is 0 Å². The lowest BCUT2D eigenvalue weighted by Gasteiger charge is -2.32. The summed E-state index contributed by atoms with van der Waals surface area (Å²) < 4.78 is 0. The standard InChI is InChI=1S/C14H22ClN3O/c1-9(2)7-14(3,8-16)18-12-5-4-10(13(17)19)6-11(12)15/h4-6,9,18H,7-8,16H2,1-3H3,(H2,17,19). The summed E-state index contributed by atoms with van der Waals surface area (Å²) in [6.07, 6.45) is 0.928. The summed E-state index contributed by atoms with van der Waals surface area (Å²) in [4.78, 5) is 11.1. The van der Waals surface area contributed by atoms with Gasteiger partial charge in [0.2, 0.25) is 5.91 Å². The maximum absolute atomic E-state index is 11.1. The third-order valence-electron chi connectivity index (χ3n) is 3.00. The van der Waals surface area contributed by atoms with E-state index < -0.39 is 5.91 Å². The van der Waals surface area contributed by atoms with E-state index in [4.69, 9.17) is 23.1 Å². The second kappa shape index (κ2) is 6.26. The molecule has 0 saturated carbocycles. The molecule has 0 saturated heterocycles. The molecule has 0 bridgehead atoms. The van der Waals surface area contributed by atoms with Gasteiger partial charge in [-0.25, -0.2) is 0 Å². The minimum Gasteiger partial charge on any atom is -0.377 e. The number of halogens is 1. The number of benzene rings is 1. The average molecular weight is 284 g/mol. The normalized spacial score (nSPS) is 14.2. The van der Waals surface area contributed by atoms with Crippen LogP contribution in [0.25, 0.3) is 0 Å². The minimum absolute atomic E-state index is 0.230. The Kier molecular flexibility index (Phi) is 5.20. The van der Waals surface area contributed by atoms with Crippen molar-refractivity contribution in [3.8, 4) is 0 Å². The first kappa shape index (κ1) is 15.8.